The molecule has 6 aromatic carbocycles. The molecule has 192 valence electrons. The highest BCUT2D eigenvalue weighted by Crippen LogP contribution is 2.42. The van der Waals surface area contributed by atoms with Crippen molar-refractivity contribution in [2.45, 2.75) is 13.3 Å². The SMILES string of the molecule is Cc1cccc(Br)c1.c1ccc(-c2ccc3c(c2)c2ccccc2n3-c2cccc3c2Cc2ccccc2-3)cc1. The van der Waals surface area contributed by atoms with Gasteiger partial charge in [0, 0.05) is 21.7 Å². The minimum absolute atomic E-state index is 0.984. The van der Waals surface area contributed by atoms with Gasteiger partial charge >= 0.3 is 0 Å². The van der Waals surface area contributed by atoms with Crippen LogP contribution in [0.15, 0.2) is 144 Å². The summed E-state index contributed by atoms with van der Waals surface area (Å²) in [5.74, 6) is 0. The van der Waals surface area contributed by atoms with Crippen LogP contribution in [-0.2, 0) is 6.42 Å². The third-order valence-corrected chi connectivity index (χ3v) is 8.32. The van der Waals surface area contributed by atoms with Crippen LogP contribution in [0.3, 0.4) is 0 Å². The molecule has 1 aromatic heterocycles. The number of aromatic nitrogens is 1. The normalized spacial score (nSPS) is 11.7. The molecule has 0 saturated heterocycles. The second-order valence-corrected chi connectivity index (χ2v) is 11.3. The maximum absolute atomic E-state index is 3.36. The van der Waals surface area contributed by atoms with Crippen molar-refractivity contribution in [2.24, 2.45) is 0 Å². The maximum atomic E-state index is 3.36. The van der Waals surface area contributed by atoms with E-state index in [2.05, 4.69) is 155 Å². The van der Waals surface area contributed by atoms with E-state index in [0.29, 0.717) is 0 Å². The first-order valence-corrected chi connectivity index (χ1v) is 14.5. The maximum Gasteiger partial charge on any atom is 0.0541 e. The molecule has 0 aliphatic heterocycles. The Morgan fingerprint density at radius 2 is 1.27 bits per heavy atom. The van der Waals surface area contributed by atoms with E-state index in [1.807, 2.05) is 12.1 Å². The molecular formula is C38H28BrN. The lowest BCUT2D eigenvalue weighted by molar-refractivity contribution is 1.12. The van der Waals surface area contributed by atoms with E-state index < -0.39 is 0 Å². The second-order valence-electron chi connectivity index (χ2n) is 10.4. The molecule has 40 heavy (non-hydrogen) atoms. The lowest BCUT2D eigenvalue weighted by Gasteiger charge is -2.13. The van der Waals surface area contributed by atoms with Crippen LogP contribution >= 0.6 is 15.9 Å². The minimum Gasteiger partial charge on any atom is -0.309 e. The van der Waals surface area contributed by atoms with Gasteiger partial charge in [-0.1, -0.05) is 125 Å². The summed E-state index contributed by atoms with van der Waals surface area (Å²) in [4.78, 5) is 0. The van der Waals surface area contributed by atoms with Gasteiger partial charge in [0.05, 0.1) is 16.7 Å². The van der Waals surface area contributed by atoms with Gasteiger partial charge in [-0.2, -0.15) is 0 Å². The fourth-order valence-electron chi connectivity index (χ4n) is 6.00. The first kappa shape index (κ1) is 24.6. The van der Waals surface area contributed by atoms with Crippen LogP contribution in [0.2, 0.25) is 0 Å². The fraction of sp³-hybridized carbons (Fsp3) is 0.0526. The van der Waals surface area contributed by atoms with Crippen molar-refractivity contribution in [3.63, 3.8) is 0 Å². The molecule has 0 bridgehead atoms. The zero-order valence-electron chi connectivity index (χ0n) is 22.3. The van der Waals surface area contributed by atoms with Crippen LogP contribution in [0.1, 0.15) is 16.7 Å². The summed E-state index contributed by atoms with van der Waals surface area (Å²) in [6.07, 6.45) is 0.984. The van der Waals surface area contributed by atoms with Gasteiger partial charge in [0.2, 0.25) is 0 Å². The Hall–Kier alpha value is -4.40. The third kappa shape index (κ3) is 4.35. The number of benzene rings is 6. The van der Waals surface area contributed by atoms with Crippen molar-refractivity contribution in [2.75, 3.05) is 0 Å². The molecule has 1 heterocycles. The summed E-state index contributed by atoms with van der Waals surface area (Å²) < 4.78 is 3.61. The Bertz CT molecular complexity index is 1980. The van der Waals surface area contributed by atoms with Crippen molar-refractivity contribution >= 4 is 37.7 Å². The van der Waals surface area contributed by atoms with Gasteiger partial charge in [0.1, 0.15) is 0 Å². The van der Waals surface area contributed by atoms with E-state index in [9.17, 15) is 0 Å². The molecule has 8 rings (SSSR count). The van der Waals surface area contributed by atoms with Crippen LogP contribution in [0.25, 0.3) is 49.7 Å². The number of hydrogen-bond acceptors (Lipinski definition) is 0. The quantitative estimate of drug-likeness (QED) is 0.192. The summed E-state index contributed by atoms with van der Waals surface area (Å²) >= 11 is 3.36. The van der Waals surface area contributed by atoms with Crippen LogP contribution in [0.4, 0.5) is 0 Å². The highest BCUT2D eigenvalue weighted by molar-refractivity contribution is 9.10. The van der Waals surface area contributed by atoms with Crippen molar-refractivity contribution in [3.05, 3.63) is 161 Å². The fourth-order valence-corrected chi connectivity index (χ4v) is 6.51. The van der Waals surface area contributed by atoms with Crippen LogP contribution < -0.4 is 0 Å². The van der Waals surface area contributed by atoms with Gasteiger partial charge in [-0.15, -0.1) is 0 Å². The largest absolute Gasteiger partial charge is 0.309 e. The highest BCUT2D eigenvalue weighted by Gasteiger charge is 2.23. The third-order valence-electron chi connectivity index (χ3n) is 7.83. The zero-order chi connectivity index (χ0) is 27.1. The number of halogens is 1. The Balaban J connectivity index is 0.000000287. The van der Waals surface area contributed by atoms with Crippen LogP contribution in [-0.4, -0.2) is 4.57 Å². The van der Waals surface area contributed by atoms with Gasteiger partial charge in [-0.25, -0.2) is 0 Å². The number of rotatable bonds is 2. The molecule has 1 nitrogen and oxygen atoms in total. The molecule has 0 atom stereocenters. The number of nitrogens with zero attached hydrogens (tertiary/aromatic N) is 1. The van der Waals surface area contributed by atoms with Gasteiger partial charge < -0.3 is 4.57 Å². The van der Waals surface area contributed by atoms with E-state index >= 15 is 0 Å². The van der Waals surface area contributed by atoms with Crippen molar-refractivity contribution in [1.82, 2.24) is 4.57 Å². The molecule has 0 N–H and O–H groups in total. The number of para-hydroxylation sites is 1. The number of fused-ring (bicyclic) bond motifs is 6. The Kier molecular flexibility index (Phi) is 6.34. The molecule has 7 aromatic rings. The summed E-state index contributed by atoms with van der Waals surface area (Å²) in [5.41, 5.74) is 13.2. The van der Waals surface area contributed by atoms with Gasteiger partial charge in [-0.05, 0) is 76.7 Å². The molecule has 0 fully saturated rings. The molecule has 2 heteroatoms. The number of hydrogen-bond donors (Lipinski definition) is 0. The topological polar surface area (TPSA) is 4.93 Å². The molecule has 1 aliphatic carbocycles. The highest BCUT2D eigenvalue weighted by atomic mass is 79.9. The minimum atomic E-state index is 0.984. The molecule has 1 aliphatic rings. The summed E-state index contributed by atoms with van der Waals surface area (Å²) in [5, 5.41) is 2.60. The lowest BCUT2D eigenvalue weighted by Crippen LogP contribution is -1.99. The van der Waals surface area contributed by atoms with E-state index in [-0.39, 0.29) is 0 Å². The zero-order valence-corrected chi connectivity index (χ0v) is 23.9. The summed E-state index contributed by atoms with van der Waals surface area (Å²) in [6, 6.07) is 50.1. The monoisotopic (exact) mass is 577 g/mol. The van der Waals surface area contributed by atoms with Crippen molar-refractivity contribution in [3.8, 4) is 27.9 Å². The van der Waals surface area contributed by atoms with Gasteiger partial charge in [0.15, 0.2) is 0 Å². The Morgan fingerprint density at radius 3 is 2.10 bits per heavy atom. The Labute approximate surface area is 243 Å². The predicted octanol–water partition coefficient (Wildman–Crippen LogP) is 10.8. The average molecular weight is 579 g/mol. The molecule has 0 amide bonds. The first-order valence-electron chi connectivity index (χ1n) is 13.7. The molecule has 0 spiro atoms. The summed E-state index contributed by atoms with van der Waals surface area (Å²) in [7, 11) is 0. The molecular weight excluding hydrogens is 550 g/mol. The van der Waals surface area contributed by atoms with Gasteiger partial charge in [0.25, 0.3) is 0 Å². The van der Waals surface area contributed by atoms with Crippen LogP contribution in [0, 0.1) is 6.92 Å². The first-order chi connectivity index (χ1) is 19.7. The van der Waals surface area contributed by atoms with Gasteiger partial charge in [-0.3, -0.25) is 0 Å². The molecule has 0 radical (unpaired) electrons. The lowest BCUT2D eigenvalue weighted by atomic mass is 10.0. The van der Waals surface area contributed by atoms with Crippen molar-refractivity contribution in [1.29, 1.82) is 0 Å². The van der Waals surface area contributed by atoms with E-state index in [0.717, 1.165) is 10.9 Å². The average Bonchev–Trinajstić information content (AvgIpc) is 3.53. The second kappa shape index (κ2) is 10.3. The van der Waals surface area contributed by atoms with Crippen LogP contribution in [0.5, 0.6) is 0 Å². The Morgan fingerprint density at radius 1 is 0.550 bits per heavy atom. The molecule has 0 saturated carbocycles. The predicted molar refractivity (Wildman–Crippen MR) is 173 cm³/mol. The number of aryl methyl sites for hydroxylation is 1. The smallest absolute Gasteiger partial charge is 0.0541 e. The van der Waals surface area contributed by atoms with E-state index in [1.165, 1.54) is 66.4 Å². The van der Waals surface area contributed by atoms with E-state index in [4.69, 9.17) is 0 Å². The molecule has 0 unspecified atom stereocenters. The van der Waals surface area contributed by atoms with Crippen molar-refractivity contribution < 1.29 is 0 Å². The summed E-state index contributed by atoms with van der Waals surface area (Å²) in [6.45, 7) is 2.07. The standard InChI is InChI=1S/C31H21N.C7H7Br/c1-2-9-21(10-3-1)22-17-18-31-28(19-22)26-13-6-7-15-29(26)32(31)30-16-8-14-25-24-12-5-4-11-23(24)20-27(25)30;1-6-3-2-4-7(8)5-6/h1-19H,20H2;2-5H,1H3. The van der Waals surface area contributed by atoms with E-state index in [1.54, 1.807) is 0 Å².